The first kappa shape index (κ1) is 12.6. The molecule has 0 atom stereocenters. The second kappa shape index (κ2) is 10.1. The van der Waals surface area contributed by atoms with Gasteiger partial charge in [-0.3, -0.25) is 0 Å². The van der Waals surface area contributed by atoms with Gasteiger partial charge < -0.3 is 0 Å². The summed E-state index contributed by atoms with van der Waals surface area (Å²) in [4.78, 5) is 0. The monoisotopic (exact) mass is 304 g/mol. The van der Waals surface area contributed by atoms with E-state index >= 15 is 0 Å². The number of unbranched alkanes of at least 4 members (excludes halogenated alkanes) is 2. The molecule has 1 aromatic carbocycles. The quantitative estimate of drug-likeness (QED) is 0.433. The molecule has 0 amide bonds. The largest absolute Gasteiger partial charge is 0.0654 e. The lowest BCUT2D eigenvalue weighted by Crippen LogP contribution is -2.15. The Balaban J connectivity index is 2.01. The predicted molar refractivity (Wildman–Crippen MR) is 98.3 cm³/mol. The topological polar surface area (TPSA) is 0 Å². The summed E-state index contributed by atoms with van der Waals surface area (Å²) >= 11 is 0. The fourth-order valence-electron chi connectivity index (χ4n) is 3.73. The standard InChI is InChI=1S/C22H36/c1-3-5-6-8-20-11-15-22(16-12-20)18-17-21-13-9-19(7-4-2)10-14-21/h11-12,15-16,19,21H,3-10,13-14,17-18H2,1-2H3/i11D,12D,15D,16D. The van der Waals surface area contributed by atoms with Gasteiger partial charge in [-0.2, -0.15) is 0 Å². The van der Waals surface area contributed by atoms with Crippen molar-refractivity contribution in [3.05, 3.63) is 35.3 Å². The van der Waals surface area contributed by atoms with E-state index in [4.69, 9.17) is 5.48 Å². The molecule has 0 heteroatoms. The molecule has 0 heterocycles. The van der Waals surface area contributed by atoms with Crippen molar-refractivity contribution in [2.45, 2.75) is 90.9 Å². The molecular formula is C22H36. The fourth-order valence-corrected chi connectivity index (χ4v) is 3.73. The third-order valence-corrected chi connectivity index (χ3v) is 5.22. The van der Waals surface area contributed by atoms with E-state index in [0.717, 1.165) is 31.6 Å². The van der Waals surface area contributed by atoms with Crippen LogP contribution in [-0.2, 0) is 12.8 Å². The molecule has 0 saturated heterocycles. The minimum Gasteiger partial charge on any atom is -0.0654 e. The maximum atomic E-state index is 8.37. The fraction of sp³-hybridized carbons (Fsp3) is 0.727. The SMILES string of the molecule is [2H]c1c([2H])c(CCC2CCC(CCC)CC2)c([2H])c([2H])c1CCCCC. The second-order valence-electron chi connectivity index (χ2n) is 7.13. The molecule has 1 fully saturated rings. The summed E-state index contributed by atoms with van der Waals surface area (Å²) in [6, 6.07) is 0.807. The van der Waals surface area contributed by atoms with E-state index in [2.05, 4.69) is 13.8 Å². The van der Waals surface area contributed by atoms with Crippen LogP contribution in [0.4, 0.5) is 0 Å². The Kier molecular flexibility index (Phi) is 5.78. The normalized spacial score (nSPS) is 24.5. The summed E-state index contributed by atoms with van der Waals surface area (Å²) in [5.41, 5.74) is 1.24. The Bertz CT molecular complexity index is 545. The molecule has 124 valence electrons. The van der Waals surface area contributed by atoms with Crippen LogP contribution >= 0.6 is 0 Å². The molecule has 0 aliphatic heterocycles. The van der Waals surface area contributed by atoms with E-state index < -0.39 is 0 Å². The highest BCUT2D eigenvalue weighted by atomic mass is 14.3. The van der Waals surface area contributed by atoms with Crippen molar-refractivity contribution < 1.29 is 5.48 Å². The van der Waals surface area contributed by atoms with Crippen molar-refractivity contribution in [2.75, 3.05) is 0 Å². The third kappa shape index (κ3) is 6.15. The van der Waals surface area contributed by atoms with Crippen molar-refractivity contribution in [3.63, 3.8) is 0 Å². The minimum atomic E-state index is 0.198. The third-order valence-electron chi connectivity index (χ3n) is 5.22. The van der Waals surface area contributed by atoms with Crippen LogP contribution in [0.15, 0.2) is 24.2 Å². The molecule has 0 bridgehead atoms. The molecule has 0 nitrogen and oxygen atoms in total. The molecular weight excluding hydrogens is 264 g/mol. The van der Waals surface area contributed by atoms with Crippen LogP contribution in [0.3, 0.4) is 0 Å². The zero-order chi connectivity index (χ0) is 19.1. The molecule has 2 rings (SSSR count). The molecule has 0 aromatic heterocycles. The minimum absolute atomic E-state index is 0.198. The van der Waals surface area contributed by atoms with E-state index in [1.807, 2.05) is 0 Å². The molecule has 1 aliphatic carbocycles. The lowest BCUT2D eigenvalue weighted by molar-refractivity contribution is 0.252. The van der Waals surface area contributed by atoms with Gasteiger partial charge in [-0.25, -0.2) is 0 Å². The maximum absolute atomic E-state index is 8.37. The first-order valence-electron chi connectivity index (χ1n) is 11.6. The van der Waals surface area contributed by atoms with Gasteiger partial charge in [0, 0.05) is 0 Å². The van der Waals surface area contributed by atoms with Crippen LogP contribution in [0.1, 0.15) is 94.7 Å². The van der Waals surface area contributed by atoms with Gasteiger partial charge in [0.1, 0.15) is 0 Å². The number of rotatable bonds is 9. The van der Waals surface area contributed by atoms with Gasteiger partial charge in [0.2, 0.25) is 0 Å². The van der Waals surface area contributed by atoms with Crippen molar-refractivity contribution in [3.8, 4) is 0 Å². The number of benzene rings is 1. The Morgan fingerprint density at radius 2 is 1.32 bits per heavy atom. The molecule has 1 aromatic rings. The van der Waals surface area contributed by atoms with E-state index in [1.165, 1.54) is 38.5 Å². The molecule has 0 unspecified atom stereocenters. The van der Waals surface area contributed by atoms with E-state index in [0.29, 0.717) is 29.9 Å². The van der Waals surface area contributed by atoms with E-state index in [9.17, 15) is 0 Å². The molecule has 22 heavy (non-hydrogen) atoms. The summed E-state index contributed by atoms with van der Waals surface area (Å²) in [6.45, 7) is 4.40. The van der Waals surface area contributed by atoms with Crippen molar-refractivity contribution >= 4 is 0 Å². The predicted octanol–water partition coefficient (Wildman–Crippen LogP) is 6.96. The molecule has 1 saturated carbocycles. The molecule has 0 radical (unpaired) electrons. The van der Waals surface area contributed by atoms with Gasteiger partial charge in [0.05, 0.1) is 5.48 Å². The van der Waals surface area contributed by atoms with Crippen LogP contribution in [0.25, 0.3) is 0 Å². The lowest BCUT2D eigenvalue weighted by atomic mass is 9.78. The van der Waals surface area contributed by atoms with Crippen LogP contribution in [-0.4, -0.2) is 0 Å². The van der Waals surface area contributed by atoms with Crippen LogP contribution in [0, 0.1) is 11.8 Å². The van der Waals surface area contributed by atoms with Crippen molar-refractivity contribution in [1.29, 1.82) is 0 Å². The number of hydrogen-bond donors (Lipinski definition) is 0. The van der Waals surface area contributed by atoms with Gasteiger partial charge >= 0.3 is 0 Å². The highest BCUT2D eigenvalue weighted by Crippen LogP contribution is 2.33. The summed E-state index contributed by atoms with van der Waals surface area (Å²) < 4.78 is 33.4. The van der Waals surface area contributed by atoms with Gasteiger partial charge in [0.25, 0.3) is 0 Å². The van der Waals surface area contributed by atoms with Gasteiger partial charge in [-0.05, 0) is 48.6 Å². The Morgan fingerprint density at radius 3 is 1.86 bits per heavy atom. The number of hydrogen-bond acceptors (Lipinski definition) is 0. The zero-order valence-electron chi connectivity index (χ0n) is 18.6. The maximum Gasteiger partial charge on any atom is 0.0626 e. The Labute approximate surface area is 144 Å². The average molecular weight is 305 g/mol. The summed E-state index contributed by atoms with van der Waals surface area (Å²) in [6.07, 6.45) is 13.3. The van der Waals surface area contributed by atoms with Crippen molar-refractivity contribution in [2.24, 2.45) is 11.8 Å². The highest BCUT2D eigenvalue weighted by Gasteiger charge is 2.20. The Hall–Kier alpha value is -0.780. The molecule has 1 aliphatic rings. The average Bonchev–Trinajstić information content (AvgIpc) is 2.64. The van der Waals surface area contributed by atoms with Crippen LogP contribution in [0.2, 0.25) is 0 Å². The molecule has 0 spiro atoms. The van der Waals surface area contributed by atoms with Gasteiger partial charge in [0.15, 0.2) is 0 Å². The summed E-state index contributed by atoms with van der Waals surface area (Å²) in [5.74, 6) is 1.59. The summed E-state index contributed by atoms with van der Waals surface area (Å²) in [7, 11) is 0. The first-order valence-corrected chi connectivity index (χ1v) is 9.57. The van der Waals surface area contributed by atoms with E-state index in [1.54, 1.807) is 0 Å². The van der Waals surface area contributed by atoms with Crippen molar-refractivity contribution in [1.82, 2.24) is 0 Å². The van der Waals surface area contributed by atoms with Gasteiger partial charge in [-0.15, -0.1) is 0 Å². The molecule has 0 N–H and O–H groups in total. The smallest absolute Gasteiger partial charge is 0.0626 e. The van der Waals surface area contributed by atoms with Crippen LogP contribution in [0.5, 0.6) is 0 Å². The zero-order valence-corrected chi connectivity index (χ0v) is 14.6. The summed E-state index contributed by atoms with van der Waals surface area (Å²) in [5, 5.41) is 0. The van der Waals surface area contributed by atoms with E-state index in [-0.39, 0.29) is 24.2 Å². The first-order chi connectivity index (χ1) is 12.5. The van der Waals surface area contributed by atoms with Gasteiger partial charge in [-0.1, -0.05) is 89.4 Å². The van der Waals surface area contributed by atoms with Crippen LogP contribution < -0.4 is 0 Å². The second-order valence-corrected chi connectivity index (χ2v) is 7.13. The highest BCUT2D eigenvalue weighted by molar-refractivity contribution is 5.22. The lowest BCUT2D eigenvalue weighted by Gasteiger charge is -2.28. The Morgan fingerprint density at radius 1 is 0.773 bits per heavy atom.